The topological polar surface area (TPSA) is 35.5 Å². The average Bonchev–Trinajstić information content (AvgIpc) is 2.86. The fraction of sp³-hybridized carbons (Fsp3) is 0.581. The Bertz CT molecular complexity index is 754. The van der Waals surface area contributed by atoms with E-state index in [4.69, 9.17) is 9.47 Å². The van der Waals surface area contributed by atoms with Crippen molar-refractivity contribution in [2.45, 2.75) is 116 Å². The van der Waals surface area contributed by atoms with Crippen LogP contribution in [0.5, 0.6) is 5.75 Å². The van der Waals surface area contributed by atoms with Gasteiger partial charge in [0, 0.05) is 6.42 Å². The van der Waals surface area contributed by atoms with E-state index in [2.05, 4.69) is 6.92 Å². The first-order valence-corrected chi connectivity index (χ1v) is 13.6. The third-order valence-electron chi connectivity index (χ3n) is 6.39. The molecule has 0 heterocycles. The van der Waals surface area contributed by atoms with Gasteiger partial charge in [0.2, 0.25) is 0 Å². The number of esters is 1. The molecule has 0 bridgehead atoms. The van der Waals surface area contributed by atoms with Gasteiger partial charge in [-0.25, -0.2) is 0 Å². The highest BCUT2D eigenvalue weighted by molar-refractivity contribution is 5.69. The van der Waals surface area contributed by atoms with Gasteiger partial charge in [0.25, 0.3) is 0 Å². The zero-order valence-electron chi connectivity index (χ0n) is 21.6. The summed E-state index contributed by atoms with van der Waals surface area (Å²) in [5, 5.41) is 0. The summed E-state index contributed by atoms with van der Waals surface area (Å²) in [6.07, 6.45) is 17.3. The lowest BCUT2D eigenvalue weighted by atomic mass is 10.0. The van der Waals surface area contributed by atoms with E-state index < -0.39 is 0 Å². The molecule has 0 saturated heterocycles. The summed E-state index contributed by atoms with van der Waals surface area (Å²) in [6.45, 7) is 4.75. The maximum atomic E-state index is 12.2. The standard InChI is InChI=1S/C31H46O3/c1-3-4-5-6-7-8-9-10-11-12-13-14-18-21-31(32)34-27(2)29-22-24-30(25-23-29)33-26-28-19-16-15-17-20-28/h15-17,19-20,22-25,27H,3-14,18,21,26H2,1-2H3. The third kappa shape index (κ3) is 12.8. The minimum atomic E-state index is -0.238. The molecule has 0 aliphatic rings. The van der Waals surface area contributed by atoms with Gasteiger partial charge in [0.1, 0.15) is 18.5 Å². The molecule has 3 nitrogen and oxygen atoms in total. The van der Waals surface area contributed by atoms with Crippen LogP contribution in [0.3, 0.4) is 0 Å². The summed E-state index contributed by atoms with van der Waals surface area (Å²) in [4.78, 5) is 12.2. The van der Waals surface area contributed by atoms with Gasteiger partial charge in [-0.3, -0.25) is 4.79 Å². The van der Waals surface area contributed by atoms with Crippen LogP contribution in [-0.4, -0.2) is 5.97 Å². The Kier molecular flexibility index (Phi) is 14.9. The van der Waals surface area contributed by atoms with Gasteiger partial charge in [-0.05, 0) is 36.6 Å². The van der Waals surface area contributed by atoms with Crippen molar-refractivity contribution in [3.63, 3.8) is 0 Å². The number of hydrogen-bond acceptors (Lipinski definition) is 3. The predicted molar refractivity (Wildman–Crippen MR) is 142 cm³/mol. The molecule has 0 saturated carbocycles. The molecule has 188 valence electrons. The SMILES string of the molecule is CCCCCCCCCCCCCCCC(=O)OC(C)c1ccc(OCc2ccccc2)cc1. The van der Waals surface area contributed by atoms with Crippen LogP contribution in [0, 0.1) is 0 Å². The Labute approximate surface area is 208 Å². The van der Waals surface area contributed by atoms with Crippen molar-refractivity contribution in [1.29, 1.82) is 0 Å². The minimum absolute atomic E-state index is 0.0972. The minimum Gasteiger partial charge on any atom is -0.489 e. The van der Waals surface area contributed by atoms with E-state index in [1.54, 1.807) is 0 Å². The van der Waals surface area contributed by atoms with Crippen LogP contribution >= 0.6 is 0 Å². The Morgan fingerprint density at radius 1 is 0.706 bits per heavy atom. The molecule has 3 heteroatoms. The van der Waals surface area contributed by atoms with Crippen molar-refractivity contribution >= 4 is 5.97 Å². The van der Waals surface area contributed by atoms with Crippen molar-refractivity contribution in [2.75, 3.05) is 0 Å². The molecule has 0 spiro atoms. The number of unbranched alkanes of at least 4 members (excludes halogenated alkanes) is 12. The highest BCUT2D eigenvalue weighted by Crippen LogP contribution is 2.22. The highest BCUT2D eigenvalue weighted by atomic mass is 16.5. The van der Waals surface area contributed by atoms with Crippen molar-refractivity contribution in [3.05, 3.63) is 65.7 Å². The first-order valence-electron chi connectivity index (χ1n) is 13.6. The van der Waals surface area contributed by atoms with Gasteiger partial charge >= 0.3 is 5.97 Å². The lowest BCUT2D eigenvalue weighted by Gasteiger charge is -2.14. The predicted octanol–water partition coefficient (Wildman–Crippen LogP) is 9.35. The van der Waals surface area contributed by atoms with Crippen molar-refractivity contribution in [1.82, 2.24) is 0 Å². The second kappa shape index (κ2) is 18.1. The Morgan fingerprint density at radius 2 is 1.24 bits per heavy atom. The summed E-state index contributed by atoms with van der Waals surface area (Å²) in [5.74, 6) is 0.720. The van der Waals surface area contributed by atoms with E-state index in [9.17, 15) is 4.79 Å². The van der Waals surface area contributed by atoms with Crippen molar-refractivity contribution in [2.24, 2.45) is 0 Å². The monoisotopic (exact) mass is 466 g/mol. The fourth-order valence-corrected chi connectivity index (χ4v) is 4.19. The third-order valence-corrected chi connectivity index (χ3v) is 6.39. The van der Waals surface area contributed by atoms with Gasteiger partial charge in [0.15, 0.2) is 0 Å². The second-order valence-corrected chi connectivity index (χ2v) is 9.47. The number of benzene rings is 2. The summed E-state index contributed by atoms with van der Waals surface area (Å²) in [7, 11) is 0. The first kappa shape index (κ1) is 28.0. The zero-order chi connectivity index (χ0) is 24.3. The molecule has 34 heavy (non-hydrogen) atoms. The molecule has 2 aromatic carbocycles. The summed E-state index contributed by atoms with van der Waals surface area (Å²) >= 11 is 0. The molecular formula is C31H46O3. The van der Waals surface area contributed by atoms with E-state index in [1.165, 1.54) is 70.6 Å². The normalized spacial score (nSPS) is 11.8. The van der Waals surface area contributed by atoms with Gasteiger partial charge in [-0.1, -0.05) is 126 Å². The smallest absolute Gasteiger partial charge is 0.306 e. The molecule has 0 N–H and O–H groups in total. The van der Waals surface area contributed by atoms with E-state index in [-0.39, 0.29) is 12.1 Å². The van der Waals surface area contributed by atoms with Gasteiger partial charge in [-0.2, -0.15) is 0 Å². The molecular weight excluding hydrogens is 420 g/mol. The van der Waals surface area contributed by atoms with Crippen LogP contribution in [0.4, 0.5) is 0 Å². The van der Waals surface area contributed by atoms with Crippen LogP contribution in [-0.2, 0) is 16.1 Å². The lowest BCUT2D eigenvalue weighted by molar-refractivity contribution is -0.148. The van der Waals surface area contributed by atoms with Gasteiger partial charge < -0.3 is 9.47 Å². The number of carbonyl (C=O) groups is 1. The number of carbonyl (C=O) groups excluding carboxylic acids is 1. The van der Waals surface area contributed by atoms with E-state index in [0.717, 1.165) is 29.7 Å². The van der Waals surface area contributed by atoms with Crippen LogP contribution in [0.25, 0.3) is 0 Å². The quantitative estimate of drug-likeness (QED) is 0.153. The molecule has 0 radical (unpaired) electrons. The van der Waals surface area contributed by atoms with E-state index in [0.29, 0.717) is 13.0 Å². The van der Waals surface area contributed by atoms with Crippen molar-refractivity contribution < 1.29 is 14.3 Å². The maximum absolute atomic E-state index is 12.2. The second-order valence-electron chi connectivity index (χ2n) is 9.47. The molecule has 0 amide bonds. The Balaban J connectivity index is 1.48. The molecule has 2 rings (SSSR count). The number of hydrogen-bond donors (Lipinski definition) is 0. The van der Waals surface area contributed by atoms with Gasteiger partial charge in [0.05, 0.1) is 0 Å². The van der Waals surface area contributed by atoms with Crippen LogP contribution in [0.2, 0.25) is 0 Å². The van der Waals surface area contributed by atoms with Crippen LogP contribution in [0.1, 0.15) is 121 Å². The molecule has 0 aliphatic heterocycles. The lowest BCUT2D eigenvalue weighted by Crippen LogP contribution is -2.08. The van der Waals surface area contributed by atoms with Crippen molar-refractivity contribution in [3.8, 4) is 5.75 Å². The Hall–Kier alpha value is -2.29. The number of rotatable bonds is 19. The molecule has 0 aliphatic carbocycles. The summed E-state index contributed by atoms with van der Waals surface area (Å²) < 4.78 is 11.5. The van der Waals surface area contributed by atoms with Gasteiger partial charge in [-0.15, -0.1) is 0 Å². The molecule has 0 fully saturated rings. The molecule has 0 aromatic heterocycles. The summed E-state index contributed by atoms with van der Waals surface area (Å²) in [6, 6.07) is 17.9. The summed E-state index contributed by atoms with van der Waals surface area (Å²) in [5.41, 5.74) is 2.13. The number of ether oxygens (including phenoxy) is 2. The first-order chi connectivity index (χ1) is 16.7. The van der Waals surface area contributed by atoms with Crippen LogP contribution < -0.4 is 4.74 Å². The maximum Gasteiger partial charge on any atom is 0.306 e. The molecule has 1 atom stereocenters. The highest BCUT2D eigenvalue weighted by Gasteiger charge is 2.11. The largest absolute Gasteiger partial charge is 0.489 e. The average molecular weight is 467 g/mol. The van der Waals surface area contributed by atoms with E-state index in [1.807, 2.05) is 61.5 Å². The fourth-order valence-electron chi connectivity index (χ4n) is 4.19. The Morgan fingerprint density at radius 3 is 1.79 bits per heavy atom. The van der Waals surface area contributed by atoms with E-state index >= 15 is 0 Å². The zero-order valence-corrected chi connectivity index (χ0v) is 21.6. The molecule has 2 aromatic rings. The van der Waals surface area contributed by atoms with Crippen LogP contribution in [0.15, 0.2) is 54.6 Å². The molecule has 1 unspecified atom stereocenters.